The molecule has 0 atom stereocenters. The number of Topliss-reactive ketones (excluding diaryl/α,β-unsaturated/α-hetero) is 1. The van der Waals surface area contributed by atoms with Gasteiger partial charge in [0, 0.05) is 41.9 Å². The highest BCUT2D eigenvalue weighted by atomic mass is 32.1. The van der Waals surface area contributed by atoms with Gasteiger partial charge >= 0.3 is 0 Å². The van der Waals surface area contributed by atoms with E-state index < -0.39 is 0 Å². The minimum Gasteiger partial charge on any atom is -0.326 e. The van der Waals surface area contributed by atoms with Gasteiger partial charge < -0.3 is 9.88 Å². The van der Waals surface area contributed by atoms with Crippen LogP contribution in [0.5, 0.6) is 0 Å². The van der Waals surface area contributed by atoms with Gasteiger partial charge in [-0.2, -0.15) is 0 Å². The monoisotopic (exact) mass is 408 g/mol. The number of hydrogen-bond acceptors (Lipinski definition) is 5. The average Bonchev–Trinajstić information content (AvgIpc) is 3.26. The predicted molar refractivity (Wildman–Crippen MR) is 114 cm³/mol. The summed E-state index contributed by atoms with van der Waals surface area (Å²) in [4.78, 5) is 26.2. The van der Waals surface area contributed by atoms with Gasteiger partial charge in [0.2, 0.25) is 5.91 Å². The van der Waals surface area contributed by atoms with Crippen molar-refractivity contribution in [1.29, 1.82) is 0 Å². The number of fused-ring (bicyclic) bond motifs is 1. The van der Waals surface area contributed by atoms with Gasteiger partial charge in [0.15, 0.2) is 11.6 Å². The summed E-state index contributed by atoms with van der Waals surface area (Å²) < 4.78 is 2.21. The number of carbonyl (C=O) groups is 2. The molecule has 7 heteroatoms. The highest BCUT2D eigenvalue weighted by Gasteiger charge is 2.16. The number of hydrogen-bond donors (Lipinski definition) is 1. The van der Waals surface area contributed by atoms with E-state index in [0.717, 1.165) is 47.9 Å². The second-order valence-corrected chi connectivity index (χ2v) is 8.65. The Bertz CT molecular complexity index is 1020. The van der Waals surface area contributed by atoms with E-state index in [1.165, 1.54) is 17.8 Å². The quantitative estimate of drug-likeness (QED) is 0.603. The third kappa shape index (κ3) is 4.62. The molecule has 0 saturated heterocycles. The number of benzene rings is 1. The number of thiophene rings is 1. The summed E-state index contributed by atoms with van der Waals surface area (Å²) in [6.07, 6.45) is 4.91. The van der Waals surface area contributed by atoms with Crippen LogP contribution >= 0.6 is 11.3 Å². The van der Waals surface area contributed by atoms with Gasteiger partial charge in [-0.05, 0) is 56.2 Å². The molecule has 1 amide bonds. The Kier molecular flexibility index (Phi) is 5.85. The number of rotatable bonds is 6. The van der Waals surface area contributed by atoms with Crippen LogP contribution in [0.1, 0.15) is 52.5 Å². The smallest absolute Gasteiger partial charge is 0.224 e. The lowest BCUT2D eigenvalue weighted by Crippen LogP contribution is -2.13. The topological polar surface area (TPSA) is 76.9 Å². The second-order valence-electron chi connectivity index (χ2n) is 7.36. The molecular weight excluding hydrogens is 384 g/mol. The molecule has 1 aromatic carbocycles. The molecule has 0 fully saturated rings. The van der Waals surface area contributed by atoms with Crippen molar-refractivity contribution in [3.8, 4) is 11.4 Å². The molecule has 1 N–H and O–H groups in total. The molecule has 1 aliphatic heterocycles. The zero-order valence-corrected chi connectivity index (χ0v) is 17.3. The van der Waals surface area contributed by atoms with E-state index in [1.54, 1.807) is 0 Å². The van der Waals surface area contributed by atoms with Gasteiger partial charge in [0.05, 0.1) is 4.88 Å². The van der Waals surface area contributed by atoms with Crippen LogP contribution in [-0.4, -0.2) is 26.5 Å². The number of ketones is 1. The second kappa shape index (κ2) is 8.69. The van der Waals surface area contributed by atoms with Crippen LogP contribution in [0.3, 0.4) is 0 Å². The number of amides is 1. The zero-order valence-electron chi connectivity index (χ0n) is 16.5. The molecular formula is C22H24N4O2S. The Hall–Kier alpha value is -2.80. The maximum Gasteiger partial charge on any atom is 0.224 e. The maximum absolute atomic E-state index is 12.2. The molecule has 0 radical (unpaired) electrons. The minimum atomic E-state index is -0.157. The number of aryl methyl sites for hydroxylation is 2. The third-order valence-electron chi connectivity index (χ3n) is 5.13. The van der Waals surface area contributed by atoms with Crippen LogP contribution in [0, 0.1) is 6.92 Å². The molecule has 0 aliphatic carbocycles. The Morgan fingerprint density at radius 1 is 1.03 bits per heavy atom. The average molecular weight is 409 g/mol. The van der Waals surface area contributed by atoms with E-state index in [2.05, 4.69) is 20.1 Å². The molecule has 29 heavy (non-hydrogen) atoms. The fourth-order valence-electron chi connectivity index (χ4n) is 3.56. The van der Waals surface area contributed by atoms with Crippen LogP contribution in [0.15, 0.2) is 36.4 Å². The first-order valence-electron chi connectivity index (χ1n) is 10.0. The lowest BCUT2D eigenvalue weighted by Gasteiger charge is -2.08. The van der Waals surface area contributed by atoms with Gasteiger partial charge in [-0.15, -0.1) is 21.5 Å². The fourth-order valence-corrected chi connectivity index (χ4v) is 4.39. The number of carbonyl (C=O) groups excluding carboxylic acids is 2. The van der Waals surface area contributed by atoms with Crippen molar-refractivity contribution in [1.82, 2.24) is 14.8 Å². The largest absolute Gasteiger partial charge is 0.326 e. The summed E-state index contributed by atoms with van der Waals surface area (Å²) >= 11 is 1.47. The highest BCUT2D eigenvalue weighted by Crippen LogP contribution is 2.24. The first-order chi connectivity index (χ1) is 14.1. The zero-order chi connectivity index (χ0) is 20.2. The van der Waals surface area contributed by atoms with E-state index in [4.69, 9.17) is 0 Å². The number of aromatic nitrogens is 3. The lowest BCUT2D eigenvalue weighted by molar-refractivity contribution is -0.116. The molecule has 1 aliphatic rings. The Balaban J connectivity index is 1.35. The number of nitrogens with zero attached hydrogens (tertiary/aromatic N) is 3. The molecule has 0 spiro atoms. The van der Waals surface area contributed by atoms with Crippen LogP contribution in [-0.2, 0) is 17.8 Å². The summed E-state index contributed by atoms with van der Waals surface area (Å²) in [7, 11) is 0. The van der Waals surface area contributed by atoms with Crippen LogP contribution in [0.25, 0.3) is 11.4 Å². The normalized spacial score (nSPS) is 13.6. The van der Waals surface area contributed by atoms with Gasteiger partial charge in [-0.1, -0.05) is 6.42 Å². The SMILES string of the molecule is Cc1ccc(C(=O)CCC(=O)Nc2ccc(-c3nnc4n3CCCCC4)cc2)s1. The van der Waals surface area contributed by atoms with Crippen molar-refractivity contribution in [3.05, 3.63) is 52.0 Å². The molecule has 2 aromatic heterocycles. The first kappa shape index (κ1) is 19.5. The van der Waals surface area contributed by atoms with Crippen molar-refractivity contribution in [2.24, 2.45) is 0 Å². The number of nitrogens with one attached hydrogen (secondary N) is 1. The van der Waals surface area contributed by atoms with Crippen molar-refractivity contribution >= 4 is 28.7 Å². The summed E-state index contributed by atoms with van der Waals surface area (Å²) in [6.45, 7) is 2.92. The van der Waals surface area contributed by atoms with E-state index in [9.17, 15) is 9.59 Å². The highest BCUT2D eigenvalue weighted by molar-refractivity contribution is 7.14. The molecule has 3 aromatic rings. The van der Waals surface area contributed by atoms with Crippen molar-refractivity contribution in [3.63, 3.8) is 0 Å². The number of anilines is 1. The summed E-state index contributed by atoms with van der Waals surface area (Å²) in [5, 5.41) is 11.6. The summed E-state index contributed by atoms with van der Waals surface area (Å²) in [6, 6.07) is 11.4. The van der Waals surface area contributed by atoms with E-state index in [1.807, 2.05) is 43.3 Å². The third-order valence-corrected chi connectivity index (χ3v) is 6.17. The van der Waals surface area contributed by atoms with Gasteiger partial charge in [0.1, 0.15) is 5.82 Å². The Morgan fingerprint density at radius 3 is 2.62 bits per heavy atom. The summed E-state index contributed by atoms with van der Waals surface area (Å²) in [5.74, 6) is 1.80. The van der Waals surface area contributed by atoms with Crippen molar-refractivity contribution in [2.75, 3.05) is 5.32 Å². The van der Waals surface area contributed by atoms with E-state index in [-0.39, 0.29) is 24.5 Å². The van der Waals surface area contributed by atoms with E-state index in [0.29, 0.717) is 10.6 Å². The van der Waals surface area contributed by atoms with Crippen LogP contribution in [0.4, 0.5) is 5.69 Å². The Morgan fingerprint density at radius 2 is 1.86 bits per heavy atom. The minimum absolute atomic E-state index is 0.0149. The van der Waals surface area contributed by atoms with Crippen molar-refractivity contribution < 1.29 is 9.59 Å². The first-order valence-corrected chi connectivity index (χ1v) is 10.8. The standard InChI is InChI=1S/C22H24N4O2S/c1-15-6-12-19(29-15)18(27)11-13-21(28)23-17-9-7-16(8-10-17)22-25-24-20-5-3-2-4-14-26(20)22/h6-10,12H,2-5,11,13-14H2,1H3,(H,23,28). The predicted octanol–water partition coefficient (Wildman–Crippen LogP) is 4.64. The Labute approximate surface area is 174 Å². The molecule has 150 valence electrons. The van der Waals surface area contributed by atoms with Crippen LogP contribution in [0.2, 0.25) is 0 Å². The van der Waals surface area contributed by atoms with E-state index >= 15 is 0 Å². The molecule has 0 unspecified atom stereocenters. The van der Waals surface area contributed by atoms with Gasteiger partial charge in [-0.3, -0.25) is 9.59 Å². The molecule has 0 bridgehead atoms. The fraction of sp³-hybridized carbons (Fsp3) is 0.364. The molecule has 3 heterocycles. The molecule has 0 saturated carbocycles. The van der Waals surface area contributed by atoms with Gasteiger partial charge in [-0.25, -0.2) is 0 Å². The van der Waals surface area contributed by atoms with Crippen LogP contribution < -0.4 is 5.32 Å². The molecule has 4 rings (SSSR count). The van der Waals surface area contributed by atoms with Crippen molar-refractivity contribution in [2.45, 2.75) is 52.0 Å². The molecule has 6 nitrogen and oxygen atoms in total. The lowest BCUT2D eigenvalue weighted by atomic mass is 10.1. The summed E-state index contributed by atoms with van der Waals surface area (Å²) in [5.41, 5.74) is 1.71. The maximum atomic E-state index is 12.2. The van der Waals surface area contributed by atoms with Gasteiger partial charge in [0.25, 0.3) is 0 Å².